The summed E-state index contributed by atoms with van der Waals surface area (Å²) < 4.78 is 7.26. The summed E-state index contributed by atoms with van der Waals surface area (Å²) in [4.78, 5) is 15.7. The molecule has 5 heteroatoms. The Labute approximate surface area is 115 Å². The zero-order chi connectivity index (χ0) is 14.1. The maximum Gasteiger partial charge on any atom is 0.248 e. The van der Waals surface area contributed by atoms with Gasteiger partial charge < -0.3 is 14.9 Å². The van der Waals surface area contributed by atoms with Gasteiger partial charge in [-0.3, -0.25) is 4.79 Å². The lowest BCUT2D eigenvalue weighted by atomic mass is 10.1. The van der Waals surface area contributed by atoms with Gasteiger partial charge in [-0.2, -0.15) is 0 Å². The van der Waals surface area contributed by atoms with Gasteiger partial charge in [0.2, 0.25) is 5.91 Å². The van der Waals surface area contributed by atoms with Crippen LogP contribution in [0.15, 0.2) is 48.8 Å². The molecule has 3 aromatic rings. The number of amides is 1. The van der Waals surface area contributed by atoms with Crippen LogP contribution in [0.5, 0.6) is 5.75 Å². The van der Waals surface area contributed by atoms with Crippen LogP contribution in [-0.2, 0) is 0 Å². The number of carbonyl (C=O) groups is 1. The minimum atomic E-state index is -0.482. The Morgan fingerprint density at radius 2 is 2.15 bits per heavy atom. The average molecular weight is 267 g/mol. The third kappa shape index (κ3) is 1.99. The Bertz CT molecular complexity index is 760. The van der Waals surface area contributed by atoms with Crippen LogP contribution >= 0.6 is 0 Å². The topological polar surface area (TPSA) is 69.6 Å². The molecule has 3 rings (SSSR count). The van der Waals surface area contributed by atoms with Crippen molar-refractivity contribution in [2.45, 2.75) is 0 Å². The van der Waals surface area contributed by atoms with Crippen LogP contribution in [0.25, 0.3) is 16.9 Å². The highest BCUT2D eigenvalue weighted by Gasteiger charge is 2.12. The summed E-state index contributed by atoms with van der Waals surface area (Å²) in [6, 6.07) is 10.9. The first-order valence-electron chi connectivity index (χ1n) is 6.11. The molecule has 0 unspecified atom stereocenters. The number of ether oxygens (including phenoxy) is 1. The number of primary amides is 1. The SMILES string of the molecule is COc1cc(C(N)=O)ccc1-c1cn2ccccc2n1. The van der Waals surface area contributed by atoms with E-state index in [0.717, 1.165) is 16.9 Å². The molecule has 0 fully saturated rings. The van der Waals surface area contributed by atoms with Crippen molar-refractivity contribution in [1.29, 1.82) is 0 Å². The molecule has 0 aliphatic heterocycles. The van der Waals surface area contributed by atoms with Crippen molar-refractivity contribution in [3.8, 4) is 17.0 Å². The fraction of sp³-hybridized carbons (Fsp3) is 0.0667. The summed E-state index contributed by atoms with van der Waals surface area (Å²) in [6.45, 7) is 0. The Morgan fingerprint density at radius 3 is 2.85 bits per heavy atom. The molecular formula is C15H13N3O2. The van der Waals surface area contributed by atoms with Gasteiger partial charge in [0, 0.05) is 23.5 Å². The second-order valence-corrected chi connectivity index (χ2v) is 4.37. The molecule has 0 atom stereocenters. The zero-order valence-corrected chi connectivity index (χ0v) is 10.9. The fourth-order valence-corrected chi connectivity index (χ4v) is 2.12. The number of pyridine rings is 1. The molecule has 0 radical (unpaired) electrons. The van der Waals surface area contributed by atoms with Crippen molar-refractivity contribution in [2.75, 3.05) is 7.11 Å². The van der Waals surface area contributed by atoms with E-state index in [2.05, 4.69) is 4.98 Å². The van der Waals surface area contributed by atoms with Crippen molar-refractivity contribution >= 4 is 11.6 Å². The number of hydrogen-bond donors (Lipinski definition) is 1. The number of rotatable bonds is 3. The highest BCUT2D eigenvalue weighted by molar-refractivity contribution is 5.94. The quantitative estimate of drug-likeness (QED) is 0.790. The molecule has 0 bridgehead atoms. The van der Waals surface area contributed by atoms with Crippen LogP contribution in [-0.4, -0.2) is 22.4 Å². The fourth-order valence-electron chi connectivity index (χ4n) is 2.12. The number of nitrogens with two attached hydrogens (primary N) is 1. The monoisotopic (exact) mass is 267 g/mol. The Hall–Kier alpha value is -2.82. The standard InChI is InChI=1S/C15H13N3O2/c1-20-13-8-10(15(16)19)5-6-11(13)12-9-18-7-3-2-4-14(18)17-12/h2-9H,1H3,(H2,16,19). The minimum Gasteiger partial charge on any atom is -0.496 e. The lowest BCUT2D eigenvalue weighted by Crippen LogP contribution is -2.10. The lowest BCUT2D eigenvalue weighted by Gasteiger charge is -2.07. The van der Waals surface area contributed by atoms with Crippen molar-refractivity contribution in [1.82, 2.24) is 9.38 Å². The number of hydrogen-bond acceptors (Lipinski definition) is 3. The molecule has 100 valence electrons. The number of methoxy groups -OCH3 is 1. The van der Waals surface area contributed by atoms with Gasteiger partial charge >= 0.3 is 0 Å². The third-order valence-corrected chi connectivity index (χ3v) is 3.13. The summed E-state index contributed by atoms with van der Waals surface area (Å²) >= 11 is 0. The van der Waals surface area contributed by atoms with E-state index in [1.165, 1.54) is 0 Å². The molecule has 0 spiro atoms. The van der Waals surface area contributed by atoms with E-state index in [1.54, 1.807) is 25.3 Å². The summed E-state index contributed by atoms with van der Waals surface area (Å²) in [6.07, 6.45) is 3.84. The van der Waals surface area contributed by atoms with E-state index < -0.39 is 5.91 Å². The first-order valence-corrected chi connectivity index (χ1v) is 6.11. The summed E-state index contributed by atoms with van der Waals surface area (Å²) in [5.41, 5.74) is 8.14. The van der Waals surface area contributed by atoms with Gasteiger partial charge in [-0.25, -0.2) is 4.98 Å². The molecule has 2 N–H and O–H groups in total. The largest absolute Gasteiger partial charge is 0.496 e. The van der Waals surface area contributed by atoms with Crippen molar-refractivity contribution in [2.24, 2.45) is 5.73 Å². The predicted octanol–water partition coefficient (Wildman–Crippen LogP) is 2.11. The van der Waals surface area contributed by atoms with Gasteiger partial charge in [-0.1, -0.05) is 6.07 Å². The second kappa shape index (κ2) is 4.70. The number of nitrogens with zero attached hydrogens (tertiary/aromatic N) is 2. The van der Waals surface area contributed by atoms with Gasteiger partial charge in [0.05, 0.1) is 12.8 Å². The van der Waals surface area contributed by atoms with Gasteiger partial charge in [0.25, 0.3) is 0 Å². The Morgan fingerprint density at radius 1 is 1.30 bits per heavy atom. The second-order valence-electron chi connectivity index (χ2n) is 4.37. The van der Waals surface area contributed by atoms with E-state index in [9.17, 15) is 4.79 Å². The maximum absolute atomic E-state index is 11.2. The first-order chi connectivity index (χ1) is 9.69. The molecule has 2 heterocycles. The van der Waals surface area contributed by atoms with E-state index in [-0.39, 0.29) is 0 Å². The van der Waals surface area contributed by atoms with E-state index >= 15 is 0 Å². The number of carbonyl (C=O) groups excluding carboxylic acids is 1. The maximum atomic E-state index is 11.2. The highest BCUT2D eigenvalue weighted by Crippen LogP contribution is 2.30. The summed E-state index contributed by atoms with van der Waals surface area (Å²) in [7, 11) is 1.55. The predicted molar refractivity (Wildman–Crippen MR) is 75.7 cm³/mol. The highest BCUT2D eigenvalue weighted by atomic mass is 16.5. The van der Waals surface area contributed by atoms with Crippen LogP contribution < -0.4 is 10.5 Å². The molecule has 0 aliphatic rings. The van der Waals surface area contributed by atoms with Crippen LogP contribution in [0.2, 0.25) is 0 Å². The average Bonchev–Trinajstić information content (AvgIpc) is 2.90. The molecule has 1 amide bonds. The smallest absolute Gasteiger partial charge is 0.248 e. The molecule has 2 aromatic heterocycles. The molecule has 20 heavy (non-hydrogen) atoms. The normalized spacial score (nSPS) is 10.7. The Kier molecular flexibility index (Phi) is 2.87. The molecule has 1 aromatic carbocycles. The van der Waals surface area contributed by atoms with Crippen molar-refractivity contribution in [3.63, 3.8) is 0 Å². The molecule has 5 nitrogen and oxygen atoms in total. The summed E-state index contributed by atoms with van der Waals surface area (Å²) in [5.74, 6) is 0.0922. The van der Waals surface area contributed by atoms with Crippen LogP contribution in [0.1, 0.15) is 10.4 Å². The number of imidazole rings is 1. The molecule has 0 aliphatic carbocycles. The van der Waals surface area contributed by atoms with E-state index in [1.807, 2.05) is 35.0 Å². The third-order valence-electron chi connectivity index (χ3n) is 3.13. The van der Waals surface area contributed by atoms with Gasteiger partial charge in [-0.15, -0.1) is 0 Å². The Balaban J connectivity index is 2.15. The zero-order valence-electron chi connectivity index (χ0n) is 10.9. The molecule has 0 saturated heterocycles. The number of benzene rings is 1. The van der Waals surface area contributed by atoms with Crippen LogP contribution in [0.4, 0.5) is 0 Å². The van der Waals surface area contributed by atoms with Crippen LogP contribution in [0, 0.1) is 0 Å². The number of fused-ring (bicyclic) bond motifs is 1. The van der Waals surface area contributed by atoms with Gasteiger partial charge in [-0.05, 0) is 30.3 Å². The van der Waals surface area contributed by atoms with Crippen molar-refractivity contribution in [3.05, 3.63) is 54.4 Å². The van der Waals surface area contributed by atoms with E-state index in [4.69, 9.17) is 10.5 Å². The van der Waals surface area contributed by atoms with E-state index in [0.29, 0.717) is 11.3 Å². The van der Waals surface area contributed by atoms with Crippen molar-refractivity contribution < 1.29 is 9.53 Å². The van der Waals surface area contributed by atoms with Crippen LogP contribution in [0.3, 0.4) is 0 Å². The van der Waals surface area contributed by atoms with Gasteiger partial charge in [0.1, 0.15) is 11.4 Å². The molecular weight excluding hydrogens is 254 g/mol. The lowest BCUT2D eigenvalue weighted by molar-refractivity contribution is 0.1000. The summed E-state index contributed by atoms with van der Waals surface area (Å²) in [5, 5.41) is 0. The minimum absolute atomic E-state index is 0.411. The van der Waals surface area contributed by atoms with Gasteiger partial charge in [0.15, 0.2) is 0 Å². The number of aromatic nitrogens is 2. The molecule has 0 saturated carbocycles. The first kappa shape index (κ1) is 12.2.